The van der Waals surface area contributed by atoms with Gasteiger partial charge < -0.3 is 10.8 Å². The lowest BCUT2D eigenvalue weighted by Crippen LogP contribution is -2.41. The summed E-state index contributed by atoms with van der Waals surface area (Å²) < 4.78 is 0. The third-order valence-corrected chi connectivity index (χ3v) is 3.65. The first-order valence-corrected chi connectivity index (χ1v) is 7.19. The van der Waals surface area contributed by atoms with E-state index in [2.05, 4.69) is 0 Å². The first-order valence-electron chi connectivity index (χ1n) is 7.19. The van der Waals surface area contributed by atoms with Crippen LogP contribution in [0.3, 0.4) is 0 Å². The van der Waals surface area contributed by atoms with Crippen LogP contribution in [-0.4, -0.2) is 27.8 Å². The highest BCUT2D eigenvalue weighted by atomic mass is 16.6. The number of nitro benzene ring substituents is 1. The molecule has 0 amide bonds. The van der Waals surface area contributed by atoms with E-state index >= 15 is 0 Å². The third-order valence-electron chi connectivity index (χ3n) is 3.65. The number of carbonyl (C=O) groups is 2. The number of carboxylic acids is 1. The second-order valence-corrected chi connectivity index (χ2v) is 5.32. The smallest absolute Gasteiger partial charge is 0.321 e. The summed E-state index contributed by atoms with van der Waals surface area (Å²) in [6.45, 7) is 0. The molecule has 2 rings (SSSR count). The average Bonchev–Trinajstić information content (AvgIpc) is 2.56. The molecule has 7 nitrogen and oxygen atoms in total. The van der Waals surface area contributed by atoms with E-state index in [4.69, 9.17) is 5.73 Å². The predicted molar refractivity (Wildman–Crippen MR) is 86.6 cm³/mol. The molecule has 0 radical (unpaired) electrons. The van der Waals surface area contributed by atoms with Gasteiger partial charge in [-0.1, -0.05) is 42.5 Å². The van der Waals surface area contributed by atoms with Crippen LogP contribution in [0.4, 0.5) is 5.69 Å². The van der Waals surface area contributed by atoms with E-state index in [0.29, 0.717) is 0 Å². The van der Waals surface area contributed by atoms with Crippen LogP contribution in [0.1, 0.15) is 17.0 Å². The predicted octanol–water partition coefficient (Wildman–Crippen LogP) is 1.90. The molecule has 0 saturated heterocycles. The van der Waals surface area contributed by atoms with E-state index in [1.807, 2.05) is 0 Å². The highest BCUT2D eigenvalue weighted by molar-refractivity contribution is 5.93. The highest BCUT2D eigenvalue weighted by Crippen LogP contribution is 2.25. The van der Waals surface area contributed by atoms with E-state index in [1.165, 1.54) is 24.3 Å². The second-order valence-electron chi connectivity index (χ2n) is 5.32. The van der Waals surface area contributed by atoms with E-state index in [0.717, 1.165) is 5.56 Å². The third kappa shape index (κ3) is 4.02. The Balaban J connectivity index is 2.38. The number of aliphatic carboxylic acids is 1. The summed E-state index contributed by atoms with van der Waals surface area (Å²) in [4.78, 5) is 34.2. The van der Waals surface area contributed by atoms with E-state index in [9.17, 15) is 24.8 Å². The maximum absolute atomic E-state index is 12.6. The standard InChI is InChI=1S/C17H16N2O5/c18-16(17(21)22)15(12-7-4-8-13(10-12)19(23)24)14(20)9-11-5-2-1-3-6-11/h1-8,10,15-16H,9,18H2,(H,21,22). The summed E-state index contributed by atoms with van der Waals surface area (Å²) >= 11 is 0. The van der Waals surface area contributed by atoms with Gasteiger partial charge in [-0.05, 0) is 11.1 Å². The topological polar surface area (TPSA) is 124 Å². The van der Waals surface area contributed by atoms with Gasteiger partial charge in [0.2, 0.25) is 0 Å². The number of rotatable bonds is 7. The zero-order chi connectivity index (χ0) is 17.7. The number of carbonyl (C=O) groups excluding carboxylic acids is 1. The van der Waals surface area contributed by atoms with Gasteiger partial charge in [0.25, 0.3) is 5.69 Å². The number of benzene rings is 2. The van der Waals surface area contributed by atoms with E-state index < -0.39 is 28.6 Å². The van der Waals surface area contributed by atoms with Crippen molar-refractivity contribution in [1.82, 2.24) is 0 Å². The van der Waals surface area contributed by atoms with Crippen LogP contribution < -0.4 is 5.73 Å². The summed E-state index contributed by atoms with van der Waals surface area (Å²) in [7, 11) is 0. The van der Waals surface area contributed by atoms with Crippen molar-refractivity contribution >= 4 is 17.4 Å². The van der Waals surface area contributed by atoms with Crippen LogP contribution in [-0.2, 0) is 16.0 Å². The monoisotopic (exact) mass is 328 g/mol. The van der Waals surface area contributed by atoms with Crippen molar-refractivity contribution in [2.75, 3.05) is 0 Å². The fourth-order valence-corrected chi connectivity index (χ4v) is 2.47. The van der Waals surface area contributed by atoms with Gasteiger partial charge in [-0.25, -0.2) is 0 Å². The largest absolute Gasteiger partial charge is 0.480 e. The molecule has 0 aliphatic heterocycles. The molecule has 0 bridgehead atoms. The molecule has 2 atom stereocenters. The van der Waals surface area contributed by atoms with Crippen LogP contribution >= 0.6 is 0 Å². The molecule has 0 spiro atoms. The molecule has 7 heteroatoms. The Kier molecular flexibility index (Phi) is 5.39. The minimum atomic E-state index is -1.48. The molecule has 0 saturated carbocycles. The lowest BCUT2D eigenvalue weighted by atomic mass is 9.85. The molecule has 2 aromatic rings. The van der Waals surface area contributed by atoms with Crippen molar-refractivity contribution in [2.45, 2.75) is 18.4 Å². The lowest BCUT2D eigenvalue weighted by molar-refractivity contribution is -0.384. The maximum atomic E-state index is 12.6. The SMILES string of the molecule is NC(C(=O)O)C(C(=O)Cc1ccccc1)c1cccc([N+](=O)[O-])c1. The minimum Gasteiger partial charge on any atom is -0.480 e. The Morgan fingerprint density at radius 1 is 1.12 bits per heavy atom. The number of hydrogen-bond donors (Lipinski definition) is 2. The summed E-state index contributed by atoms with van der Waals surface area (Å²) in [5.74, 6) is -2.91. The summed E-state index contributed by atoms with van der Waals surface area (Å²) in [5, 5.41) is 20.1. The van der Waals surface area contributed by atoms with Crippen LogP contribution in [0.15, 0.2) is 54.6 Å². The summed E-state index contributed by atoms with van der Waals surface area (Å²) in [5.41, 5.74) is 6.40. The summed E-state index contributed by atoms with van der Waals surface area (Å²) in [6, 6.07) is 12.7. The van der Waals surface area contributed by atoms with Crippen LogP contribution in [0.2, 0.25) is 0 Å². The number of hydrogen-bond acceptors (Lipinski definition) is 5. The van der Waals surface area contributed by atoms with Gasteiger partial charge in [0.05, 0.1) is 10.8 Å². The molecule has 0 aliphatic rings. The Labute approximate surface area is 137 Å². The molecule has 2 aromatic carbocycles. The van der Waals surface area contributed by atoms with Crippen molar-refractivity contribution in [1.29, 1.82) is 0 Å². The molecule has 3 N–H and O–H groups in total. The average molecular weight is 328 g/mol. The van der Waals surface area contributed by atoms with Gasteiger partial charge >= 0.3 is 5.97 Å². The molecule has 2 unspecified atom stereocenters. The first kappa shape index (κ1) is 17.3. The van der Waals surface area contributed by atoms with Gasteiger partial charge in [0.1, 0.15) is 11.8 Å². The van der Waals surface area contributed by atoms with Crippen molar-refractivity contribution in [3.63, 3.8) is 0 Å². The number of nitrogens with zero attached hydrogens (tertiary/aromatic N) is 1. The van der Waals surface area contributed by atoms with E-state index in [1.54, 1.807) is 30.3 Å². The van der Waals surface area contributed by atoms with Gasteiger partial charge in [0, 0.05) is 18.6 Å². The Hall–Kier alpha value is -3.06. The Morgan fingerprint density at radius 3 is 2.38 bits per heavy atom. The van der Waals surface area contributed by atoms with Crippen molar-refractivity contribution in [2.24, 2.45) is 5.73 Å². The van der Waals surface area contributed by atoms with Crippen LogP contribution in [0, 0.1) is 10.1 Å². The van der Waals surface area contributed by atoms with Gasteiger partial charge in [-0.15, -0.1) is 0 Å². The molecule has 24 heavy (non-hydrogen) atoms. The van der Waals surface area contributed by atoms with E-state index in [-0.39, 0.29) is 17.7 Å². The molecular formula is C17H16N2O5. The fourth-order valence-electron chi connectivity index (χ4n) is 2.47. The molecule has 0 fully saturated rings. The summed E-state index contributed by atoms with van der Waals surface area (Å²) in [6.07, 6.45) is -0.00478. The second kappa shape index (κ2) is 7.47. The lowest BCUT2D eigenvalue weighted by Gasteiger charge is -2.20. The quantitative estimate of drug-likeness (QED) is 0.591. The highest BCUT2D eigenvalue weighted by Gasteiger charge is 2.32. The normalized spacial score (nSPS) is 13.0. The number of carboxylic acid groups (broad SMARTS) is 1. The number of ketones is 1. The molecular weight excluding hydrogens is 312 g/mol. The zero-order valence-electron chi connectivity index (χ0n) is 12.7. The van der Waals surface area contributed by atoms with Crippen molar-refractivity contribution < 1.29 is 19.6 Å². The number of non-ortho nitro benzene ring substituents is 1. The molecule has 124 valence electrons. The Bertz CT molecular complexity index is 761. The zero-order valence-corrected chi connectivity index (χ0v) is 12.7. The Morgan fingerprint density at radius 2 is 1.79 bits per heavy atom. The minimum absolute atomic E-state index is 0.00478. The van der Waals surface area contributed by atoms with Crippen molar-refractivity contribution in [3.8, 4) is 0 Å². The van der Waals surface area contributed by atoms with Gasteiger partial charge in [-0.3, -0.25) is 19.7 Å². The number of nitro groups is 1. The van der Waals surface area contributed by atoms with Gasteiger partial charge in [0.15, 0.2) is 0 Å². The maximum Gasteiger partial charge on any atom is 0.321 e. The van der Waals surface area contributed by atoms with Crippen LogP contribution in [0.5, 0.6) is 0 Å². The number of Topliss-reactive ketones (excluding diaryl/α,β-unsaturated/α-hetero) is 1. The number of nitrogens with two attached hydrogens (primary N) is 1. The van der Waals surface area contributed by atoms with Crippen molar-refractivity contribution in [3.05, 3.63) is 75.8 Å². The van der Waals surface area contributed by atoms with Crippen LogP contribution in [0.25, 0.3) is 0 Å². The molecule has 0 aromatic heterocycles. The fraction of sp³-hybridized carbons (Fsp3) is 0.176. The molecule has 0 heterocycles. The first-order chi connectivity index (χ1) is 11.4. The molecule has 0 aliphatic carbocycles. The van der Waals surface area contributed by atoms with Gasteiger partial charge in [-0.2, -0.15) is 0 Å².